The number of anilines is 1. The van der Waals surface area contributed by atoms with Crippen LogP contribution in [-0.4, -0.2) is 40.7 Å². The number of phenolic OH excluding ortho intramolecular Hbond substituents is 1. The topological polar surface area (TPSA) is 112 Å². The Morgan fingerprint density at radius 3 is 2.36 bits per heavy atom. The molecule has 8 nitrogen and oxygen atoms in total. The molecule has 2 amide bonds. The fourth-order valence-corrected chi connectivity index (χ4v) is 4.61. The van der Waals surface area contributed by atoms with E-state index in [2.05, 4.69) is 20.8 Å². The van der Waals surface area contributed by atoms with Gasteiger partial charge in [-0.25, -0.2) is 0 Å². The molecule has 0 spiro atoms. The highest BCUT2D eigenvalue weighted by Crippen LogP contribution is 2.39. The Hall–Kier alpha value is -3.33. The van der Waals surface area contributed by atoms with Crippen LogP contribution in [0.15, 0.2) is 46.6 Å². The van der Waals surface area contributed by atoms with E-state index in [0.717, 1.165) is 16.7 Å². The van der Waals surface area contributed by atoms with Gasteiger partial charge in [0.1, 0.15) is 16.7 Å². The van der Waals surface area contributed by atoms with Gasteiger partial charge in [-0.1, -0.05) is 59.4 Å². The van der Waals surface area contributed by atoms with Crippen LogP contribution < -0.4 is 15.4 Å². The van der Waals surface area contributed by atoms with Gasteiger partial charge in [0.05, 0.1) is 13.3 Å². The second-order valence-electron chi connectivity index (χ2n) is 10.7. The number of nitrogens with zero attached hydrogens (tertiary/aromatic N) is 2. The molecule has 36 heavy (non-hydrogen) atoms. The number of methoxy groups -OCH3 is 1. The monoisotopic (exact) mass is 510 g/mol. The van der Waals surface area contributed by atoms with E-state index < -0.39 is 5.25 Å². The molecule has 1 heterocycles. The summed E-state index contributed by atoms with van der Waals surface area (Å²) in [5.41, 5.74) is 2.54. The van der Waals surface area contributed by atoms with Crippen molar-refractivity contribution >= 4 is 40.6 Å². The molecular formula is C27H34N4O4S. The number of nitrogens with one attached hydrogen (secondary N) is 2. The Kier molecular flexibility index (Phi) is 8.13. The number of amidine groups is 1. The molecule has 1 saturated heterocycles. The summed E-state index contributed by atoms with van der Waals surface area (Å²) in [5, 5.41) is 24.4. The summed E-state index contributed by atoms with van der Waals surface area (Å²) in [7, 11) is 1.55. The molecule has 9 heteroatoms. The van der Waals surface area contributed by atoms with E-state index in [1.807, 2.05) is 53.7 Å². The minimum absolute atomic E-state index is 0.00169. The SMILES string of the molecule is COc1cccc(NC(=O)CC2S/C(=N\N=C\c3cc(C(C)(C)C)c(O)c(C(C)(C)C)c3)NC2=O)c1. The number of benzene rings is 2. The molecule has 1 atom stereocenters. The smallest absolute Gasteiger partial charge is 0.240 e. The third kappa shape index (κ3) is 6.87. The molecule has 3 rings (SSSR count). The van der Waals surface area contributed by atoms with Crippen LogP contribution in [0.4, 0.5) is 5.69 Å². The number of thioether (sulfide) groups is 1. The quantitative estimate of drug-likeness (QED) is 0.376. The number of phenols is 1. The van der Waals surface area contributed by atoms with Crippen LogP contribution in [0.25, 0.3) is 0 Å². The Bertz CT molecular complexity index is 1170. The molecule has 0 aliphatic carbocycles. The maximum absolute atomic E-state index is 12.4. The van der Waals surface area contributed by atoms with Crippen LogP contribution >= 0.6 is 11.8 Å². The van der Waals surface area contributed by atoms with Gasteiger partial charge in [-0.3, -0.25) is 9.59 Å². The van der Waals surface area contributed by atoms with Crippen molar-refractivity contribution < 1.29 is 19.4 Å². The van der Waals surface area contributed by atoms with E-state index in [4.69, 9.17) is 4.74 Å². The number of ether oxygens (including phenoxy) is 1. The summed E-state index contributed by atoms with van der Waals surface area (Å²) in [6.45, 7) is 12.3. The van der Waals surface area contributed by atoms with E-state index in [1.165, 1.54) is 11.8 Å². The average molecular weight is 511 g/mol. The second kappa shape index (κ2) is 10.7. The van der Waals surface area contributed by atoms with Gasteiger partial charge in [-0.05, 0) is 40.7 Å². The molecule has 1 unspecified atom stereocenters. The minimum Gasteiger partial charge on any atom is -0.507 e. The van der Waals surface area contributed by atoms with Gasteiger partial charge in [-0.15, -0.1) is 5.10 Å². The molecule has 2 aromatic carbocycles. The number of rotatable bonds is 6. The summed E-state index contributed by atoms with van der Waals surface area (Å²) in [5.74, 6) is 0.358. The van der Waals surface area contributed by atoms with Crippen molar-refractivity contribution in [1.82, 2.24) is 5.32 Å². The van der Waals surface area contributed by atoms with Crippen LogP contribution in [0.2, 0.25) is 0 Å². The molecule has 1 aliphatic heterocycles. The number of carbonyl (C=O) groups excluding carboxylic acids is 2. The van der Waals surface area contributed by atoms with Crippen molar-refractivity contribution in [2.45, 2.75) is 64.0 Å². The number of aromatic hydroxyl groups is 1. The first-order chi connectivity index (χ1) is 16.8. The van der Waals surface area contributed by atoms with Crippen molar-refractivity contribution in [3.05, 3.63) is 53.1 Å². The second-order valence-corrected chi connectivity index (χ2v) is 11.9. The zero-order chi connectivity index (χ0) is 26.7. The lowest BCUT2D eigenvalue weighted by Crippen LogP contribution is -2.28. The first-order valence-corrected chi connectivity index (χ1v) is 12.6. The lowest BCUT2D eigenvalue weighted by molar-refractivity contribution is -0.122. The first kappa shape index (κ1) is 27.3. The molecule has 2 aromatic rings. The number of hydrogen-bond donors (Lipinski definition) is 3. The summed E-state index contributed by atoms with van der Waals surface area (Å²) < 4.78 is 5.16. The highest BCUT2D eigenvalue weighted by molar-refractivity contribution is 8.15. The van der Waals surface area contributed by atoms with Gasteiger partial charge < -0.3 is 20.5 Å². The molecule has 0 bridgehead atoms. The van der Waals surface area contributed by atoms with Gasteiger partial charge in [0.25, 0.3) is 0 Å². The summed E-state index contributed by atoms with van der Waals surface area (Å²) >= 11 is 1.17. The van der Waals surface area contributed by atoms with E-state index in [-0.39, 0.29) is 29.1 Å². The van der Waals surface area contributed by atoms with Crippen LogP contribution in [0.1, 0.15) is 64.7 Å². The number of carbonyl (C=O) groups is 2. The predicted octanol–water partition coefficient (Wildman–Crippen LogP) is 4.95. The van der Waals surface area contributed by atoms with Crippen LogP contribution in [0.3, 0.4) is 0 Å². The summed E-state index contributed by atoms with van der Waals surface area (Å²) in [6.07, 6.45) is 1.60. The molecule has 0 radical (unpaired) electrons. The van der Waals surface area contributed by atoms with E-state index in [9.17, 15) is 14.7 Å². The predicted molar refractivity (Wildman–Crippen MR) is 146 cm³/mol. The Morgan fingerprint density at radius 1 is 1.14 bits per heavy atom. The van der Waals surface area contributed by atoms with Gasteiger partial charge in [0.15, 0.2) is 5.17 Å². The number of hydrogen-bond acceptors (Lipinski definition) is 7. The molecule has 0 saturated carbocycles. The zero-order valence-corrected chi connectivity index (χ0v) is 22.6. The Morgan fingerprint density at radius 2 is 1.78 bits per heavy atom. The first-order valence-electron chi connectivity index (χ1n) is 11.7. The fourth-order valence-electron chi connectivity index (χ4n) is 3.69. The normalized spacial score (nSPS) is 17.5. The van der Waals surface area contributed by atoms with E-state index in [0.29, 0.717) is 22.4 Å². The minimum atomic E-state index is -0.599. The van der Waals surface area contributed by atoms with Gasteiger partial charge in [0.2, 0.25) is 11.8 Å². The third-order valence-electron chi connectivity index (χ3n) is 5.60. The standard InChI is InChI=1S/C27H34N4O4S/c1-26(2,3)19-11-16(12-20(23(19)33)27(4,5)6)15-28-31-25-30-24(34)21(36-25)14-22(32)29-17-9-8-10-18(13-17)35-7/h8-13,15,21,33H,14H2,1-7H3,(H,29,32)(H,30,31,34)/b28-15+. The maximum atomic E-state index is 12.4. The van der Waals surface area contributed by atoms with Crippen molar-refractivity contribution in [2.75, 3.05) is 12.4 Å². The summed E-state index contributed by atoms with van der Waals surface area (Å²) in [6, 6.07) is 10.8. The molecular weight excluding hydrogens is 476 g/mol. The lowest BCUT2D eigenvalue weighted by Gasteiger charge is -2.27. The van der Waals surface area contributed by atoms with Gasteiger partial charge in [0, 0.05) is 29.3 Å². The van der Waals surface area contributed by atoms with Crippen LogP contribution in [0, 0.1) is 0 Å². The van der Waals surface area contributed by atoms with Crippen molar-refractivity contribution in [3.63, 3.8) is 0 Å². The summed E-state index contributed by atoms with van der Waals surface area (Å²) in [4.78, 5) is 24.8. The lowest BCUT2D eigenvalue weighted by atomic mass is 9.78. The van der Waals surface area contributed by atoms with Gasteiger partial charge >= 0.3 is 0 Å². The van der Waals surface area contributed by atoms with E-state index in [1.54, 1.807) is 37.6 Å². The Labute approximate surface area is 216 Å². The van der Waals surface area contributed by atoms with Crippen molar-refractivity contribution in [2.24, 2.45) is 10.2 Å². The molecule has 0 aromatic heterocycles. The largest absolute Gasteiger partial charge is 0.507 e. The molecule has 1 aliphatic rings. The van der Waals surface area contributed by atoms with Gasteiger partial charge in [-0.2, -0.15) is 5.10 Å². The Balaban J connectivity index is 1.70. The van der Waals surface area contributed by atoms with E-state index >= 15 is 0 Å². The number of amides is 2. The third-order valence-corrected chi connectivity index (χ3v) is 6.68. The highest BCUT2D eigenvalue weighted by Gasteiger charge is 2.32. The molecule has 3 N–H and O–H groups in total. The fraction of sp³-hybridized carbons (Fsp3) is 0.407. The van der Waals surface area contributed by atoms with Crippen molar-refractivity contribution in [3.8, 4) is 11.5 Å². The average Bonchev–Trinajstić information content (AvgIpc) is 3.11. The highest BCUT2D eigenvalue weighted by atomic mass is 32.2. The maximum Gasteiger partial charge on any atom is 0.240 e. The van der Waals surface area contributed by atoms with Crippen LogP contribution in [0.5, 0.6) is 11.5 Å². The van der Waals surface area contributed by atoms with Crippen molar-refractivity contribution in [1.29, 1.82) is 0 Å². The zero-order valence-electron chi connectivity index (χ0n) is 21.8. The molecule has 1 fully saturated rings. The van der Waals surface area contributed by atoms with Crippen LogP contribution in [-0.2, 0) is 20.4 Å². The molecule has 192 valence electrons.